The predicted octanol–water partition coefficient (Wildman–Crippen LogP) is 3.31. The van der Waals surface area contributed by atoms with Crippen molar-refractivity contribution in [2.24, 2.45) is 0 Å². The largest absolute Gasteiger partial charge is 0.484 e. The lowest BCUT2D eigenvalue weighted by atomic mass is 10.3. The molecule has 9 heteroatoms. The van der Waals surface area contributed by atoms with Crippen LogP contribution >= 0.6 is 22.9 Å². The van der Waals surface area contributed by atoms with E-state index in [2.05, 4.69) is 15.4 Å². The summed E-state index contributed by atoms with van der Waals surface area (Å²) in [5.74, 6) is -0.609. The molecule has 2 N–H and O–H groups in total. The maximum Gasteiger partial charge on any atom is 0.414 e. The van der Waals surface area contributed by atoms with E-state index in [1.165, 1.54) is 6.07 Å². The van der Waals surface area contributed by atoms with E-state index in [0.29, 0.717) is 15.8 Å². The fourth-order valence-corrected chi connectivity index (χ4v) is 2.68. The Morgan fingerprint density at radius 3 is 2.56 bits per heavy atom. The van der Waals surface area contributed by atoms with E-state index in [1.54, 1.807) is 36.6 Å². The quantitative estimate of drug-likeness (QED) is 0.799. The fraction of sp³-hybridized carbons (Fsp3) is 0.188. The Labute approximate surface area is 152 Å². The molecule has 2 aromatic rings. The number of thiophene rings is 1. The third-order valence-corrected chi connectivity index (χ3v) is 3.92. The third-order valence-electron chi connectivity index (χ3n) is 2.84. The topological polar surface area (TPSA) is 93.7 Å². The Kier molecular flexibility index (Phi) is 6.79. The number of hydrogen-bond acceptors (Lipinski definition) is 6. The van der Waals surface area contributed by atoms with Crippen LogP contribution in [0.25, 0.3) is 0 Å². The number of alkyl carbamates (subject to hydrolysis) is 1. The zero-order valence-electron chi connectivity index (χ0n) is 13.2. The second-order valence-corrected chi connectivity index (χ2v) is 5.98. The molecule has 0 saturated carbocycles. The Hall–Kier alpha value is -2.58. The summed E-state index contributed by atoms with van der Waals surface area (Å²) in [5.41, 5.74) is 0.165. The molecule has 0 fully saturated rings. The summed E-state index contributed by atoms with van der Waals surface area (Å²) in [6.07, 6.45) is -0.845. The zero-order valence-corrected chi connectivity index (χ0v) is 14.8. The number of rotatable bonds is 6. The fourth-order valence-electron chi connectivity index (χ4n) is 1.75. The van der Waals surface area contributed by atoms with Crippen molar-refractivity contribution < 1.29 is 23.9 Å². The molecule has 132 valence electrons. The predicted molar refractivity (Wildman–Crippen MR) is 94.4 cm³/mol. The number of carbonyl (C=O) groups is 3. The van der Waals surface area contributed by atoms with Crippen molar-refractivity contribution in [3.8, 4) is 5.75 Å². The summed E-state index contributed by atoms with van der Waals surface area (Å²) >= 11 is 6.92. The van der Waals surface area contributed by atoms with E-state index in [-0.39, 0.29) is 18.8 Å². The SMILES string of the molecule is CCOC(=O)NC(=O)c1ccsc1NC(=O)COc1ccc(Cl)cc1. The van der Waals surface area contributed by atoms with Crippen LogP contribution in [0.3, 0.4) is 0 Å². The van der Waals surface area contributed by atoms with Crippen LogP contribution in [0.1, 0.15) is 17.3 Å². The summed E-state index contributed by atoms with van der Waals surface area (Å²) in [6, 6.07) is 8.06. The highest BCUT2D eigenvalue weighted by Crippen LogP contribution is 2.23. The van der Waals surface area contributed by atoms with Crippen LogP contribution in [0.4, 0.5) is 9.80 Å². The summed E-state index contributed by atoms with van der Waals surface area (Å²) in [6.45, 7) is 1.54. The lowest BCUT2D eigenvalue weighted by Crippen LogP contribution is -2.31. The minimum Gasteiger partial charge on any atom is -0.484 e. The standard InChI is InChI=1S/C16H15ClN2O5S/c1-2-23-16(22)19-14(21)12-7-8-25-15(12)18-13(20)9-24-11-5-3-10(17)4-6-11/h3-8H,2,9H2,1H3,(H,18,20)(H,19,21,22). The first-order valence-corrected chi connectivity index (χ1v) is 8.49. The molecule has 0 bridgehead atoms. The van der Waals surface area contributed by atoms with E-state index in [9.17, 15) is 14.4 Å². The number of imide groups is 1. The first-order valence-electron chi connectivity index (χ1n) is 7.23. The van der Waals surface area contributed by atoms with Gasteiger partial charge in [-0.1, -0.05) is 11.6 Å². The van der Waals surface area contributed by atoms with E-state index in [4.69, 9.17) is 16.3 Å². The third kappa shape index (κ3) is 5.77. The highest BCUT2D eigenvalue weighted by molar-refractivity contribution is 7.14. The van der Waals surface area contributed by atoms with E-state index in [1.807, 2.05) is 0 Å². The molecule has 0 aliphatic rings. The second kappa shape index (κ2) is 9.05. The Bertz CT molecular complexity index is 760. The first-order chi connectivity index (χ1) is 12.0. The van der Waals surface area contributed by atoms with Gasteiger partial charge in [-0.25, -0.2) is 4.79 Å². The molecule has 3 amide bonds. The second-order valence-electron chi connectivity index (χ2n) is 4.63. The Balaban J connectivity index is 1.91. The average Bonchev–Trinajstić information content (AvgIpc) is 3.02. The monoisotopic (exact) mass is 382 g/mol. The molecule has 0 saturated heterocycles. The van der Waals surface area contributed by atoms with Crippen LogP contribution in [0.15, 0.2) is 35.7 Å². The minimum absolute atomic E-state index is 0.147. The summed E-state index contributed by atoms with van der Waals surface area (Å²) in [5, 5.41) is 7.14. The van der Waals surface area contributed by atoms with Crippen LogP contribution in [-0.2, 0) is 9.53 Å². The van der Waals surface area contributed by atoms with Crippen molar-refractivity contribution in [1.82, 2.24) is 5.32 Å². The van der Waals surface area contributed by atoms with Crippen molar-refractivity contribution in [3.63, 3.8) is 0 Å². The number of nitrogens with one attached hydrogen (secondary N) is 2. The van der Waals surface area contributed by atoms with Gasteiger partial charge in [-0.15, -0.1) is 11.3 Å². The van der Waals surface area contributed by atoms with E-state index < -0.39 is 17.9 Å². The minimum atomic E-state index is -0.845. The number of carbonyl (C=O) groups excluding carboxylic acids is 3. The van der Waals surface area contributed by atoms with Crippen LogP contribution in [0.2, 0.25) is 5.02 Å². The highest BCUT2D eigenvalue weighted by Gasteiger charge is 2.17. The zero-order chi connectivity index (χ0) is 18.2. The normalized spacial score (nSPS) is 10.0. The molecule has 7 nitrogen and oxygen atoms in total. The van der Waals surface area contributed by atoms with Gasteiger partial charge in [0.2, 0.25) is 0 Å². The highest BCUT2D eigenvalue weighted by atomic mass is 35.5. The number of ether oxygens (including phenoxy) is 2. The molecule has 0 aliphatic heterocycles. The first kappa shape index (κ1) is 18.8. The smallest absolute Gasteiger partial charge is 0.414 e. The Morgan fingerprint density at radius 1 is 1.16 bits per heavy atom. The molecule has 1 aromatic heterocycles. The van der Waals surface area contributed by atoms with Gasteiger partial charge in [0.1, 0.15) is 10.8 Å². The van der Waals surface area contributed by atoms with Gasteiger partial charge in [-0.2, -0.15) is 0 Å². The van der Waals surface area contributed by atoms with E-state index >= 15 is 0 Å². The molecule has 0 spiro atoms. The maximum absolute atomic E-state index is 12.0. The average molecular weight is 383 g/mol. The number of anilines is 1. The van der Waals surface area contributed by atoms with Gasteiger partial charge < -0.3 is 14.8 Å². The molecular formula is C16H15ClN2O5S. The Morgan fingerprint density at radius 2 is 1.88 bits per heavy atom. The number of hydrogen-bond donors (Lipinski definition) is 2. The number of amides is 3. The van der Waals surface area contributed by atoms with Crippen LogP contribution in [0, 0.1) is 0 Å². The van der Waals surface area contributed by atoms with Crippen LogP contribution in [-0.4, -0.2) is 31.1 Å². The van der Waals surface area contributed by atoms with Crippen molar-refractivity contribution in [2.75, 3.05) is 18.5 Å². The van der Waals surface area contributed by atoms with Crippen LogP contribution in [0.5, 0.6) is 5.75 Å². The van der Waals surface area contributed by atoms with Gasteiger partial charge >= 0.3 is 6.09 Å². The van der Waals surface area contributed by atoms with Crippen LogP contribution < -0.4 is 15.4 Å². The van der Waals surface area contributed by atoms with Gasteiger partial charge in [0, 0.05) is 5.02 Å². The number of halogens is 1. The summed E-state index contributed by atoms with van der Waals surface area (Å²) in [4.78, 5) is 35.3. The van der Waals surface area contributed by atoms with Gasteiger partial charge in [-0.05, 0) is 42.6 Å². The molecular weight excluding hydrogens is 368 g/mol. The lowest BCUT2D eigenvalue weighted by Gasteiger charge is -2.08. The van der Waals surface area contributed by atoms with E-state index in [0.717, 1.165) is 11.3 Å². The van der Waals surface area contributed by atoms with Crippen molar-refractivity contribution in [2.45, 2.75) is 6.92 Å². The number of benzene rings is 1. The van der Waals surface area contributed by atoms with Gasteiger partial charge in [-0.3, -0.25) is 14.9 Å². The molecule has 0 atom stereocenters. The molecule has 0 aliphatic carbocycles. The lowest BCUT2D eigenvalue weighted by molar-refractivity contribution is -0.118. The summed E-state index contributed by atoms with van der Waals surface area (Å²) in [7, 11) is 0. The molecule has 0 unspecified atom stereocenters. The van der Waals surface area contributed by atoms with Gasteiger partial charge in [0.15, 0.2) is 6.61 Å². The molecule has 1 aromatic carbocycles. The van der Waals surface area contributed by atoms with Crippen molar-refractivity contribution >= 4 is 45.8 Å². The van der Waals surface area contributed by atoms with Crippen molar-refractivity contribution in [1.29, 1.82) is 0 Å². The molecule has 25 heavy (non-hydrogen) atoms. The molecule has 1 heterocycles. The van der Waals surface area contributed by atoms with Gasteiger partial charge in [0.05, 0.1) is 12.2 Å². The molecule has 0 radical (unpaired) electrons. The molecule has 2 rings (SSSR count). The maximum atomic E-state index is 12.0. The van der Waals surface area contributed by atoms with Crippen molar-refractivity contribution in [3.05, 3.63) is 46.3 Å². The van der Waals surface area contributed by atoms with Gasteiger partial charge in [0.25, 0.3) is 11.8 Å². The summed E-state index contributed by atoms with van der Waals surface area (Å²) < 4.78 is 9.97.